The van der Waals surface area contributed by atoms with Gasteiger partial charge in [0.2, 0.25) is 6.21 Å². The summed E-state index contributed by atoms with van der Waals surface area (Å²) in [4.78, 5) is 0. The van der Waals surface area contributed by atoms with Gasteiger partial charge in [-0.05, 0) is 21.9 Å². The summed E-state index contributed by atoms with van der Waals surface area (Å²) in [5.74, 6) is -0.0403. The molecule has 3 rings (SSSR count). The predicted octanol–water partition coefficient (Wildman–Crippen LogP) is 1.35. The number of benzene rings is 2. The van der Waals surface area contributed by atoms with Gasteiger partial charge in [-0.25, -0.2) is 0 Å². The van der Waals surface area contributed by atoms with Gasteiger partial charge in [-0.1, -0.05) is 41.1 Å². The average Bonchev–Trinajstić information content (AvgIpc) is 2.75. The lowest BCUT2D eigenvalue weighted by Gasteiger charge is -1.99. The molecule has 1 heterocycles. The van der Waals surface area contributed by atoms with Crippen LogP contribution in [0, 0.1) is 0 Å². The fourth-order valence-corrected chi connectivity index (χ4v) is 2.07. The van der Waals surface area contributed by atoms with E-state index in [1.54, 1.807) is 4.68 Å². The monoisotopic (exact) mass is 224 g/mol. The molecule has 0 radical (unpaired) electrons. The van der Waals surface area contributed by atoms with Gasteiger partial charge in [0.1, 0.15) is 0 Å². The molecule has 0 aromatic heterocycles. The minimum absolute atomic E-state index is 0.0403. The Balaban J connectivity index is 2.12. The lowest BCUT2D eigenvalue weighted by molar-refractivity contribution is -0.519. The van der Waals surface area contributed by atoms with Crippen molar-refractivity contribution in [3.63, 3.8) is 0 Å². The number of hydrogen-bond donors (Lipinski definition) is 0. The summed E-state index contributed by atoms with van der Waals surface area (Å²) in [6, 6.07) is 14.4. The van der Waals surface area contributed by atoms with Crippen molar-refractivity contribution >= 4 is 22.9 Å². The second-order valence-electron chi connectivity index (χ2n) is 4.10. The molecule has 0 atom stereocenters. The molecule has 0 saturated carbocycles. The van der Waals surface area contributed by atoms with Crippen LogP contribution in [0.5, 0.6) is 0 Å². The summed E-state index contributed by atoms with van der Waals surface area (Å²) < 4.78 is 1.73. The summed E-state index contributed by atoms with van der Waals surface area (Å²) in [6.07, 6.45) is 2.45. The molecular weight excluding hydrogens is 212 g/mol. The third-order valence-corrected chi connectivity index (χ3v) is 2.91. The smallest absolute Gasteiger partial charge is 0.204 e. The molecule has 0 N–H and O–H groups in total. The van der Waals surface area contributed by atoms with Gasteiger partial charge in [0.15, 0.2) is 6.54 Å². The zero-order valence-electron chi connectivity index (χ0n) is 9.34. The standard InChI is InChI=1S/C14H12N2O/c17-14-8-9-16(15-14)10-12-6-3-5-11-4-1-2-7-13(11)12/h1-7,10H,8-9H2/b16-10-. The highest BCUT2D eigenvalue weighted by Gasteiger charge is 2.12. The molecule has 0 aliphatic carbocycles. The van der Waals surface area contributed by atoms with Crippen molar-refractivity contribution in [2.24, 2.45) is 5.10 Å². The maximum Gasteiger partial charge on any atom is 0.204 e. The molecule has 0 saturated heterocycles. The first-order valence-corrected chi connectivity index (χ1v) is 5.67. The summed E-state index contributed by atoms with van der Waals surface area (Å²) in [7, 11) is 0. The maximum absolute atomic E-state index is 11.1. The fraction of sp³-hybridized carbons (Fsp3) is 0.143. The van der Waals surface area contributed by atoms with E-state index < -0.39 is 0 Å². The van der Waals surface area contributed by atoms with Crippen LogP contribution in [0.1, 0.15) is 12.0 Å². The largest absolute Gasteiger partial charge is 0.857 e. The zero-order chi connectivity index (χ0) is 11.7. The molecule has 1 aliphatic heterocycles. The third kappa shape index (κ3) is 1.91. The Morgan fingerprint density at radius 2 is 1.94 bits per heavy atom. The van der Waals surface area contributed by atoms with E-state index in [0.29, 0.717) is 13.0 Å². The normalized spacial score (nSPS) is 17.6. The molecule has 0 spiro atoms. The van der Waals surface area contributed by atoms with Crippen molar-refractivity contribution < 1.29 is 9.79 Å². The Morgan fingerprint density at radius 3 is 2.76 bits per heavy atom. The van der Waals surface area contributed by atoms with Gasteiger partial charge in [-0.3, -0.25) is 0 Å². The van der Waals surface area contributed by atoms with Crippen LogP contribution in [-0.4, -0.2) is 23.3 Å². The van der Waals surface area contributed by atoms with Gasteiger partial charge in [-0.15, -0.1) is 0 Å². The molecule has 1 aliphatic rings. The van der Waals surface area contributed by atoms with Crippen LogP contribution < -0.4 is 5.11 Å². The molecule has 3 nitrogen and oxygen atoms in total. The number of fused-ring (bicyclic) bond motifs is 1. The van der Waals surface area contributed by atoms with Crippen LogP contribution >= 0.6 is 0 Å². The maximum atomic E-state index is 11.1. The first kappa shape index (κ1) is 10.0. The van der Waals surface area contributed by atoms with Crippen molar-refractivity contribution in [2.75, 3.05) is 6.54 Å². The molecule has 3 heteroatoms. The number of hydrogen-bond acceptors (Lipinski definition) is 2. The SMILES string of the molecule is [O-]C1=N/[N+](=C\c2cccc3ccccc23)CC1. The zero-order valence-corrected chi connectivity index (χ0v) is 9.34. The second-order valence-corrected chi connectivity index (χ2v) is 4.10. The van der Waals surface area contributed by atoms with Crippen molar-refractivity contribution in [2.45, 2.75) is 6.42 Å². The Hall–Kier alpha value is -2.16. The molecule has 17 heavy (non-hydrogen) atoms. The van der Waals surface area contributed by atoms with Gasteiger partial charge in [0, 0.05) is 17.9 Å². The van der Waals surface area contributed by atoms with Crippen molar-refractivity contribution in [3.8, 4) is 0 Å². The average molecular weight is 224 g/mol. The highest BCUT2D eigenvalue weighted by atomic mass is 16.3. The van der Waals surface area contributed by atoms with Gasteiger partial charge in [0.25, 0.3) is 0 Å². The Morgan fingerprint density at radius 1 is 1.12 bits per heavy atom. The second kappa shape index (κ2) is 4.01. The molecule has 2 aromatic rings. The van der Waals surface area contributed by atoms with E-state index in [-0.39, 0.29) is 5.90 Å². The van der Waals surface area contributed by atoms with Gasteiger partial charge in [-0.2, -0.15) is 0 Å². The highest BCUT2D eigenvalue weighted by molar-refractivity contribution is 5.98. The van der Waals surface area contributed by atoms with Crippen molar-refractivity contribution in [3.05, 3.63) is 48.0 Å². The van der Waals surface area contributed by atoms with Gasteiger partial charge < -0.3 is 5.11 Å². The molecule has 0 unspecified atom stereocenters. The van der Waals surface area contributed by atoms with Crippen LogP contribution in [0.4, 0.5) is 0 Å². The Kier molecular flexibility index (Phi) is 2.37. The molecular formula is C14H12N2O. The lowest BCUT2D eigenvalue weighted by atomic mass is 10.1. The minimum atomic E-state index is -0.0403. The van der Waals surface area contributed by atoms with Crippen molar-refractivity contribution in [1.29, 1.82) is 0 Å². The summed E-state index contributed by atoms with van der Waals surface area (Å²) >= 11 is 0. The Bertz CT molecular complexity index is 624. The number of rotatable bonds is 1. The van der Waals surface area contributed by atoms with E-state index in [9.17, 15) is 5.11 Å². The van der Waals surface area contributed by atoms with E-state index in [0.717, 1.165) is 5.56 Å². The van der Waals surface area contributed by atoms with Gasteiger partial charge in [0.05, 0.1) is 0 Å². The van der Waals surface area contributed by atoms with E-state index in [2.05, 4.69) is 23.3 Å². The molecule has 0 bridgehead atoms. The fourth-order valence-electron chi connectivity index (χ4n) is 2.07. The summed E-state index contributed by atoms with van der Waals surface area (Å²) in [5.41, 5.74) is 1.10. The highest BCUT2D eigenvalue weighted by Crippen LogP contribution is 2.17. The first-order valence-electron chi connectivity index (χ1n) is 5.67. The van der Waals surface area contributed by atoms with E-state index >= 15 is 0 Å². The van der Waals surface area contributed by atoms with Crippen LogP contribution in [0.2, 0.25) is 0 Å². The lowest BCUT2D eigenvalue weighted by Crippen LogP contribution is -2.13. The first-order chi connectivity index (χ1) is 8.33. The Labute approximate surface area is 99.3 Å². The quantitative estimate of drug-likeness (QED) is 0.674. The molecule has 0 amide bonds. The van der Waals surface area contributed by atoms with E-state index in [1.807, 2.05) is 30.5 Å². The minimum Gasteiger partial charge on any atom is -0.857 e. The van der Waals surface area contributed by atoms with Crippen LogP contribution in [-0.2, 0) is 0 Å². The number of nitrogens with zero attached hydrogens (tertiary/aromatic N) is 2. The third-order valence-electron chi connectivity index (χ3n) is 2.91. The molecule has 0 fully saturated rings. The van der Waals surface area contributed by atoms with Crippen LogP contribution in [0.25, 0.3) is 10.8 Å². The summed E-state index contributed by atoms with van der Waals surface area (Å²) in [6.45, 7) is 0.683. The van der Waals surface area contributed by atoms with Crippen LogP contribution in [0.3, 0.4) is 0 Å². The van der Waals surface area contributed by atoms with Crippen LogP contribution in [0.15, 0.2) is 47.6 Å². The number of hydrazone groups is 1. The van der Waals surface area contributed by atoms with Crippen molar-refractivity contribution in [1.82, 2.24) is 0 Å². The topological polar surface area (TPSA) is 38.4 Å². The summed E-state index contributed by atoms with van der Waals surface area (Å²) in [5, 5.41) is 17.4. The molecule has 2 aromatic carbocycles. The molecule has 84 valence electrons. The van der Waals surface area contributed by atoms with E-state index in [1.165, 1.54) is 10.8 Å². The predicted molar refractivity (Wildman–Crippen MR) is 66.3 cm³/mol. The van der Waals surface area contributed by atoms with Gasteiger partial charge >= 0.3 is 0 Å². The van der Waals surface area contributed by atoms with E-state index in [4.69, 9.17) is 0 Å².